The Morgan fingerprint density at radius 1 is 1.14 bits per heavy atom. The fourth-order valence-corrected chi connectivity index (χ4v) is 0. The van der Waals surface area contributed by atoms with Crippen LogP contribution in [0, 0.1) is 10.2 Å². The molecule has 0 unspecified atom stereocenters. The van der Waals surface area contributed by atoms with Crippen molar-refractivity contribution in [3.8, 4) is 0 Å². The Labute approximate surface area is 60.5 Å². The molecule has 4 nitrogen and oxygen atoms in total. The van der Waals surface area contributed by atoms with Gasteiger partial charge in [0.15, 0.2) is 0 Å². The van der Waals surface area contributed by atoms with Gasteiger partial charge in [-0.05, 0) is 0 Å². The monoisotopic (exact) mass is 142 g/mol. The van der Waals surface area contributed by atoms with Crippen molar-refractivity contribution >= 4 is 0 Å². The van der Waals surface area contributed by atoms with E-state index >= 15 is 0 Å². The molecule has 0 aliphatic heterocycles. The molecule has 1 N–H and O–H groups in total. The van der Waals surface area contributed by atoms with Crippen LogP contribution in [0.15, 0.2) is 0 Å². The maximum absolute atomic E-state index is 8.60. The third-order valence-electron chi connectivity index (χ3n) is 0. The molecule has 40 valence electrons. The van der Waals surface area contributed by atoms with Gasteiger partial charge in [0.05, 0.1) is 14.9 Å². The van der Waals surface area contributed by atoms with E-state index in [1.54, 1.807) is 0 Å². The van der Waals surface area contributed by atoms with Crippen LogP contribution in [0.2, 0.25) is 0 Å². The summed E-state index contributed by atoms with van der Waals surface area (Å²) >= 11 is 0. The molecule has 0 aliphatic carbocycles. The average molecular weight is 143 g/mol. The predicted octanol–water partition coefficient (Wildman–Crippen LogP) is -10.1. The molecule has 0 aromatic rings. The molecular weight excluding hydrogens is 142 g/mol. The topological polar surface area (TPSA) is 89.4 Å². The zero-order valence-corrected chi connectivity index (χ0v) is 4.94. The van der Waals surface area contributed by atoms with E-state index in [0.29, 0.717) is 0 Å². The minimum Gasteiger partial charge on any atom is -1.00 e. The number of rotatable bonds is 0. The Bertz CT molecular complexity index is 25.2. The maximum atomic E-state index is 8.60. The Balaban J connectivity index is -0.0000000800. The van der Waals surface area contributed by atoms with Crippen LogP contribution in [-0.4, -0.2) is 4.66 Å². The fourth-order valence-electron chi connectivity index (χ4n) is 0. The molecule has 0 radical (unpaired) electrons. The van der Waals surface area contributed by atoms with Crippen LogP contribution >= 0.6 is 0 Å². The van der Waals surface area contributed by atoms with Crippen LogP contribution in [0.4, 0.5) is 0 Å². The molecule has 0 heterocycles. The summed E-state index contributed by atoms with van der Waals surface area (Å²) in [7, 11) is -4.69. The summed E-state index contributed by atoms with van der Waals surface area (Å²) in [5, 5.41) is 0. The van der Waals surface area contributed by atoms with Crippen molar-refractivity contribution in [3.05, 3.63) is 0 Å². The van der Waals surface area contributed by atoms with Crippen molar-refractivity contribution < 1.29 is 60.1 Å². The molecule has 0 aliphatic rings. The van der Waals surface area contributed by atoms with Crippen molar-refractivity contribution in [2.75, 3.05) is 0 Å². The van der Waals surface area contributed by atoms with Gasteiger partial charge in [-0.2, -0.15) is 14.0 Å². The second kappa shape index (κ2) is 5.16. The van der Waals surface area contributed by atoms with Crippen LogP contribution in [0.1, 0.15) is 0 Å². The molecule has 0 aromatic carbocycles. The van der Waals surface area contributed by atoms with Crippen LogP contribution < -0.4 is 45.2 Å². The van der Waals surface area contributed by atoms with E-state index in [-0.39, 0.29) is 31.3 Å². The second-order valence-electron chi connectivity index (χ2n) is 0.396. The van der Waals surface area contributed by atoms with E-state index in [1.807, 2.05) is 0 Å². The van der Waals surface area contributed by atoms with E-state index in [0.717, 1.165) is 0 Å². The smallest absolute Gasteiger partial charge is 1.00 e. The SMILES string of the molecule is [Cl-].[Li+].[O-][Cl+3]([O-])([O-])O. The summed E-state index contributed by atoms with van der Waals surface area (Å²) in [4.78, 5) is 0. The molecular formula is HCl2LiO4. The summed E-state index contributed by atoms with van der Waals surface area (Å²) in [6.07, 6.45) is 0. The van der Waals surface area contributed by atoms with Crippen molar-refractivity contribution in [2.45, 2.75) is 0 Å². The van der Waals surface area contributed by atoms with Gasteiger partial charge in [-0.25, -0.2) is 0 Å². The molecule has 0 amide bonds. The van der Waals surface area contributed by atoms with E-state index in [2.05, 4.69) is 0 Å². The van der Waals surface area contributed by atoms with Crippen molar-refractivity contribution in [3.63, 3.8) is 0 Å². The Morgan fingerprint density at radius 2 is 1.14 bits per heavy atom. The summed E-state index contributed by atoms with van der Waals surface area (Å²) in [5.74, 6) is 0. The first-order chi connectivity index (χ1) is 2.00. The quantitative estimate of drug-likeness (QED) is 0.341. The zero-order chi connectivity index (χ0) is 4.50. The van der Waals surface area contributed by atoms with Crippen LogP contribution in [0.3, 0.4) is 0 Å². The van der Waals surface area contributed by atoms with Gasteiger partial charge in [-0.15, -0.1) is 0 Å². The standard InChI is InChI=1S/ClHO4.ClH.Li/c2-1(3,4)5;;/h(H,2,3,4,5);1H;/q;;+1/p-1. The number of hydrogen-bond acceptors (Lipinski definition) is 4. The molecule has 0 fully saturated rings. The first-order valence-corrected chi connectivity index (χ1v) is 1.90. The van der Waals surface area contributed by atoms with Gasteiger partial charge in [-0.1, -0.05) is 0 Å². The van der Waals surface area contributed by atoms with Gasteiger partial charge in [0.2, 0.25) is 0 Å². The molecule has 0 spiro atoms. The minimum absolute atomic E-state index is 0. The van der Waals surface area contributed by atoms with Gasteiger partial charge in [0, 0.05) is 0 Å². The fraction of sp³-hybridized carbons (Fsp3) is 0. The van der Waals surface area contributed by atoms with Gasteiger partial charge in [0.25, 0.3) is 0 Å². The second-order valence-corrected chi connectivity index (χ2v) is 1.19. The molecule has 0 aromatic heterocycles. The van der Waals surface area contributed by atoms with Gasteiger partial charge < -0.3 is 12.4 Å². The molecule has 0 rings (SSSR count). The third-order valence-corrected chi connectivity index (χ3v) is 0. The number of hydrogen-bond donors (Lipinski definition) is 1. The molecule has 0 saturated carbocycles. The molecule has 0 saturated heterocycles. The summed E-state index contributed by atoms with van der Waals surface area (Å²) in [6.45, 7) is 0. The van der Waals surface area contributed by atoms with Gasteiger partial charge in [0.1, 0.15) is 0 Å². The van der Waals surface area contributed by atoms with E-state index in [9.17, 15) is 0 Å². The van der Waals surface area contributed by atoms with E-state index in [1.165, 1.54) is 0 Å². The first kappa shape index (κ1) is 15.7. The van der Waals surface area contributed by atoms with Crippen molar-refractivity contribution in [1.82, 2.24) is 0 Å². The summed E-state index contributed by atoms with van der Waals surface area (Å²) in [5.41, 5.74) is 0. The Hall–Kier alpha value is 1.02. The third kappa shape index (κ3) is 171. The van der Waals surface area contributed by atoms with Gasteiger partial charge >= 0.3 is 18.9 Å². The molecule has 0 bridgehead atoms. The maximum Gasteiger partial charge on any atom is 1.00 e. The first-order valence-electron chi connectivity index (χ1n) is 0.632. The number of halogens is 2. The molecule has 0 atom stereocenters. The average Bonchev–Trinajstić information content (AvgIpc) is 0.722. The van der Waals surface area contributed by atoms with Gasteiger partial charge in [-0.3, -0.25) is 0 Å². The van der Waals surface area contributed by atoms with Crippen molar-refractivity contribution in [1.29, 1.82) is 0 Å². The predicted molar refractivity (Wildman–Crippen MR) is 2.22 cm³/mol. The van der Waals surface area contributed by atoms with Crippen LogP contribution in [0.5, 0.6) is 0 Å². The van der Waals surface area contributed by atoms with Crippen molar-refractivity contribution in [2.24, 2.45) is 0 Å². The van der Waals surface area contributed by atoms with Crippen LogP contribution in [0.25, 0.3) is 0 Å². The van der Waals surface area contributed by atoms with E-state index < -0.39 is 10.2 Å². The summed E-state index contributed by atoms with van der Waals surface area (Å²) in [6, 6.07) is 0. The Kier molecular flexibility index (Phi) is 11.6. The summed E-state index contributed by atoms with van der Waals surface area (Å²) < 4.78 is 32.7. The minimum atomic E-state index is -4.69. The van der Waals surface area contributed by atoms with Crippen LogP contribution in [-0.2, 0) is 0 Å². The molecule has 7 heavy (non-hydrogen) atoms. The largest absolute Gasteiger partial charge is 1.00 e. The molecule has 7 heteroatoms. The van der Waals surface area contributed by atoms with E-state index in [4.69, 9.17) is 18.6 Å². The zero-order valence-electron chi connectivity index (χ0n) is 3.43. The Morgan fingerprint density at radius 3 is 1.14 bits per heavy atom. The normalized spacial score (nSPS) is 8.57.